The summed E-state index contributed by atoms with van der Waals surface area (Å²) in [7, 11) is 1.56. The van der Waals surface area contributed by atoms with Crippen LogP contribution in [0.4, 0.5) is 11.4 Å². The van der Waals surface area contributed by atoms with Crippen molar-refractivity contribution < 1.29 is 19.1 Å². The van der Waals surface area contributed by atoms with Crippen LogP contribution in [-0.4, -0.2) is 25.5 Å². The molecular formula is C23H30N2O4. The summed E-state index contributed by atoms with van der Waals surface area (Å²) in [6.07, 6.45) is 4.50. The Morgan fingerprint density at radius 3 is 2.34 bits per heavy atom. The predicted molar refractivity (Wildman–Crippen MR) is 116 cm³/mol. The quantitative estimate of drug-likeness (QED) is 0.541. The smallest absolute Gasteiger partial charge is 0.255 e. The van der Waals surface area contributed by atoms with Gasteiger partial charge in [-0.15, -0.1) is 0 Å². The maximum atomic E-state index is 12.7. The van der Waals surface area contributed by atoms with Crippen molar-refractivity contribution in [3.8, 4) is 11.5 Å². The van der Waals surface area contributed by atoms with Gasteiger partial charge in [-0.1, -0.05) is 32.3 Å². The Hall–Kier alpha value is -3.02. The molecule has 2 amide bonds. The van der Waals surface area contributed by atoms with E-state index in [2.05, 4.69) is 17.6 Å². The second-order valence-corrected chi connectivity index (χ2v) is 6.89. The molecule has 0 unspecified atom stereocenters. The van der Waals surface area contributed by atoms with Gasteiger partial charge in [0, 0.05) is 23.9 Å². The zero-order valence-electron chi connectivity index (χ0n) is 17.6. The standard InChI is InChI=1S/C23H30N2O4/c1-5-6-7-8-14-29-21-13-12-18(15-22(21)28-4)23(27)25-20-11-9-10-19(16(20)2)24-17(3)26/h9-13,15H,5-8,14H2,1-4H3,(H,24,26)(H,25,27). The summed E-state index contributed by atoms with van der Waals surface area (Å²) in [5.41, 5.74) is 2.55. The first-order valence-corrected chi connectivity index (χ1v) is 9.95. The highest BCUT2D eigenvalue weighted by Gasteiger charge is 2.13. The minimum Gasteiger partial charge on any atom is -0.493 e. The highest BCUT2D eigenvalue weighted by Crippen LogP contribution is 2.29. The van der Waals surface area contributed by atoms with Crippen molar-refractivity contribution in [1.29, 1.82) is 0 Å². The third kappa shape index (κ3) is 6.52. The molecule has 29 heavy (non-hydrogen) atoms. The van der Waals surface area contributed by atoms with Gasteiger partial charge >= 0.3 is 0 Å². The number of benzene rings is 2. The number of carbonyl (C=O) groups excluding carboxylic acids is 2. The summed E-state index contributed by atoms with van der Waals surface area (Å²) < 4.78 is 11.2. The largest absolute Gasteiger partial charge is 0.493 e. The monoisotopic (exact) mass is 398 g/mol. The zero-order chi connectivity index (χ0) is 21.2. The van der Waals surface area contributed by atoms with Gasteiger partial charge in [0.1, 0.15) is 0 Å². The van der Waals surface area contributed by atoms with E-state index in [4.69, 9.17) is 9.47 Å². The number of carbonyl (C=O) groups is 2. The molecule has 2 aromatic carbocycles. The van der Waals surface area contributed by atoms with Gasteiger partial charge in [0.05, 0.1) is 13.7 Å². The third-order valence-electron chi connectivity index (χ3n) is 4.57. The first kappa shape index (κ1) is 22.3. The second kappa shape index (κ2) is 11.1. The van der Waals surface area contributed by atoms with Crippen LogP contribution in [-0.2, 0) is 4.79 Å². The molecule has 0 aromatic heterocycles. The van der Waals surface area contributed by atoms with Gasteiger partial charge in [0.25, 0.3) is 5.91 Å². The van der Waals surface area contributed by atoms with Crippen molar-refractivity contribution in [2.75, 3.05) is 24.4 Å². The van der Waals surface area contributed by atoms with E-state index in [1.807, 2.05) is 6.92 Å². The fraction of sp³-hybridized carbons (Fsp3) is 0.391. The Labute approximate surface area is 172 Å². The Kier molecular flexibility index (Phi) is 8.52. The molecule has 6 nitrogen and oxygen atoms in total. The summed E-state index contributed by atoms with van der Waals surface area (Å²) in [5, 5.41) is 5.65. The Balaban J connectivity index is 2.08. The number of unbranched alkanes of at least 4 members (excludes halogenated alkanes) is 3. The average molecular weight is 399 g/mol. The molecule has 0 aliphatic heterocycles. The second-order valence-electron chi connectivity index (χ2n) is 6.89. The average Bonchev–Trinajstić information content (AvgIpc) is 2.70. The lowest BCUT2D eigenvalue weighted by Gasteiger charge is -2.14. The van der Waals surface area contributed by atoms with Crippen LogP contribution in [0.1, 0.15) is 55.5 Å². The number of hydrogen-bond donors (Lipinski definition) is 2. The van der Waals surface area contributed by atoms with E-state index in [9.17, 15) is 9.59 Å². The summed E-state index contributed by atoms with van der Waals surface area (Å²) in [4.78, 5) is 24.0. The molecule has 0 spiro atoms. The molecule has 2 aromatic rings. The van der Waals surface area contributed by atoms with E-state index in [0.717, 1.165) is 18.4 Å². The van der Waals surface area contributed by atoms with Crippen molar-refractivity contribution in [3.05, 3.63) is 47.5 Å². The zero-order valence-corrected chi connectivity index (χ0v) is 17.6. The van der Waals surface area contributed by atoms with Crippen LogP contribution in [0, 0.1) is 6.92 Å². The number of amides is 2. The van der Waals surface area contributed by atoms with Gasteiger partial charge in [-0.05, 0) is 49.2 Å². The van der Waals surface area contributed by atoms with Crippen molar-refractivity contribution >= 4 is 23.2 Å². The van der Waals surface area contributed by atoms with Gasteiger partial charge in [0.15, 0.2) is 11.5 Å². The summed E-state index contributed by atoms with van der Waals surface area (Å²) >= 11 is 0. The Morgan fingerprint density at radius 1 is 0.966 bits per heavy atom. The SMILES string of the molecule is CCCCCCOc1ccc(C(=O)Nc2cccc(NC(C)=O)c2C)cc1OC. The van der Waals surface area contributed by atoms with E-state index in [-0.39, 0.29) is 11.8 Å². The number of anilines is 2. The molecule has 6 heteroatoms. The molecule has 2 rings (SSSR count). The van der Waals surface area contributed by atoms with Gasteiger partial charge < -0.3 is 20.1 Å². The molecule has 0 heterocycles. The number of ether oxygens (including phenoxy) is 2. The van der Waals surface area contributed by atoms with Crippen molar-refractivity contribution in [2.24, 2.45) is 0 Å². The lowest BCUT2D eigenvalue weighted by Crippen LogP contribution is -2.14. The van der Waals surface area contributed by atoms with Gasteiger partial charge in [-0.3, -0.25) is 9.59 Å². The van der Waals surface area contributed by atoms with Crippen molar-refractivity contribution in [1.82, 2.24) is 0 Å². The highest BCUT2D eigenvalue weighted by atomic mass is 16.5. The molecule has 0 aliphatic rings. The number of hydrogen-bond acceptors (Lipinski definition) is 4. The van der Waals surface area contributed by atoms with Crippen LogP contribution >= 0.6 is 0 Å². The molecule has 0 radical (unpaired) electrons. The number of rotatable bonds is 10. The van der Waals surface area contributed by atoms with E-state index in [0.29, 0.717) is 35.0 Å². The van der Waals surface area contributed by atoms with Crippen LogP contribution < -0.4 is 20.1 Å². The maximum Gasteiger partial charge on any atom is 0.255 e. The summed E-state index contributed by atoms with van der Waals surface area (Å²) in [6.45, 7) is 6.09. The molecule has 2 N–H and O–H groups in total. The lowest BCUT2D eigenvalue weighted by atomic mass is 10.1. The van der Waals surface area contributed by atoms with Crippen molar-refractivity contribution in [2.45, 2.75) is 46.5 Å². The predicted octanol–water partition coefficient (Wildman–Crippen LogP) is 5.17. The highest BCUT2D eigenvalue weighted by molar-refractivity contribution is 6.05. The molecule has 0 bridgehead atoms. The van der Waals surface area contributed by atoms with Crippen molar-refractivity contribution in [3.63, 3.8) is 0 Å². The molecule has 0 aliphatic carbocycles. The fourth-order valence-electron chi connectivity index (χ4n) is 2.93. The molecule has 0 atom stereocenters. The molecular weight excluding hydrogens is 368 g/mol. The number of methoxy groups -OCH3 is 1. The summed E-state index contributed by atoms with van der Waals surface area (Å²) in [5.74, 6) is 0.730. The topological polar surface area (TPSA) is 76.7 Å². The molecule has 0 saturated heterocycles. The van der Waals surface area contributed by atoms with Crippen LogP contribution in [0.2, 0.25) is 0 Å². The normalized spacial score (nSPS) is 10.3. The van der Waals surface area contributed by atoms with E-state index in [1.165, 1.54) is 19.8 Å². The van der Waals surface area contributed by atoms with Gasteiger partial charge in [0.2, 0.25) is 5.91 Å². The van der Waals surface area contributed by atoms with E-state index < -0.39 is 0 Å². The van der Waals surface area contributed by atoms with Crippen LogP contribution in [0.15, 0.2) is 36.4 Å². The molecule has 0 saturated carbocycles. The first-order chi connectivity index (χ1) is 14.0. The third-order valence-corrected chi connectivity index (χ3v) is 4.57. The van der Waals surface area contributed by atoms with Crippen LogP contribution in [0.3, 0.4) is 0 Å². The minimum atomic E-state index is -0.263. The van der Waals surface area contributed by atoms with Gasteiger partial charge in [-0.25, -0.2) is 0 Å². The molecule has 156 valence electrons. The molecule has 0 fully saturated rings. The van der Waals surface area contributed by atoms with E-state index in [1.54, 1.807) is 43.5 Å². The summed E-state index contributed by atoms with van der Waals surface area (Å²) in [6, 6.07) is 10.5. The fourth-order valence-corrected chi connectivity index (χ4v) is 2.93. The van der Waals surface area contributed by atoms with E-state index >= 15 is 0 Å². The van der Waals surface area contributed by atoms with Crippen LogP contribution in [0.5, 0.6) is 11.5 Å². The Bertz CT molecular complexity index is 849. The maximum absolute atomic E-state index is 12.7. The van der Waals surface area contributed by atoms with Gasteiger partial charge in [-0.2, -0.15) is 0 Å². The number of nitrogens with one attached hydrogen (secondary N) is 2. The minimum absolute atomic E-state index is 0.161. The van der Waals surface area contributed by atoms with Crippen LogP contribution in [0.25, 0.3) is 0 Å². The first-order valence-electron chi connectivity index (χ1n) is 9.95. The Morgan fingerprint density at radius 2 is 1.69 bits per heavy atom. The lowest BCUT2D eigenvalue weighted by molar-refractivity contribution is -0.114.